The summed E-state index contributed by atoms with van der Waals surface area (Å²) in [5, 5.41) is 3.89. The van der Waals surface area contributed by atoms with Gasteiger partial charge in [-0.3, -0.25) is 0 Å². The predicted octanol–water partition coefficient (Wildman–Crippen LogP) is 2.74. The Morgan fingerprint density at radius 3 is 2.58 bits per heavy atom. The summed E-state index contributed by atoms with van der Waals surface area (Å²) < 4.78 is 28.1. The van der Waals surface area contributed by atoms with Gasteiger partial charge in [0.25, 0.3) is 0 Å². The van der Waals surface area contributed by atoms with Gasteiger partial charge in [0, 0.05) is 31.2 Å². The lowest BCUT2D eigenvalue weighted by atomic mass is 10.1. The molecule has 0 aliphatic carbocycles. The highest BCUT2D eigenvalue weighted by Crippen LogP contribution is 2.30. The second kappa shape index (κ2) is 8.06. The topological polar surface area (TPSA) is 52.7 Å². The number of hydrogen-bond donors (Lipinski definition) is 1. The summed E-state index contributed by atoms with van der Waals surface area (Å²) >= 11 is 6.11. The van der Waals surface area contributed by atoms with Crippen molar-refractivity contribution in [1.29, 1.82) is 0 Å². The molecule has 140 valence electrons. The first-order valence-corrected chi connectivity index (χ1v) is 10.4. The molecule has 5 nitrogen and oxygen atoms in total. The van der Waals surface area contributed by atoms with Crippen molar-refractivity contribution in [2.45, 2.75) is 17.5 Å². The maximum atomic E-state index is 13.2. The van der Waals surface area contributed by atoms with E-state index in [-0.39, 0.29) is 6.04 Å². The highest BCUT2D eigenvalue weighted by Gasteiger charge is 2.34. The molecule has 1 aliphatic heterocycles. The fourth-order valence-corrected chi connectivity index (χ4v) is 5.05. The third-order valence-corrected chi connectivity index (χ3v) is 6.61. The van der Waals surface area contributed by atoms with Crippen LogP contribution >= 0.6 is 11.6 Å². The van der Waals surface area contributed by atoms with Gasteiger partial charge in [0.15, 0.2) is 0 Å². The summed E-state index contributed by atoms with van der Waals surface area (Å²) in [5.41, 5.74) is 1.98. The van der Waals surface area contributed by atoms with Gasteiger partial charge in [-0.25, -0.2) is 8.42 Å². The molecule has 0 spiro atoms. The molecule has 0 bridgehead atoms. The van der Waals surface area contributed by atoms with E-state index >= 15 is 0 Å². The van der Waals surface area contributed by atoms with E-state index < -0.39 is 10.0 Å². The zero-order chi connectivity index (χ0) is 18.7. The van der Waals surface area contributed by atoms with Gasteiger partial charge in [0.2, 0.25) is 10.0 Å². The first kappa shape index (κ1) is 19.3. The minimum atomic E-state index is -3.58. The summed E-state index contributed by atoms with van der Waals surface area (Å²) in [5.74, 6) is 0. The number of rotatable bonds is 5. The zero-order valence-electron chi connectivity index (χ0n) is 15.0. The van der Waals surface area contributed by atoms with Crippen LogP contribution in [-0.2, 0) is 16.6 Å². The Kier molecular flexibility index (Phi) is 5.99. The largest absolute Gasteiger partial charge is 0.313 e. The molecule has 7 heteroatoms. The second-order valence-corrected chi connectivity index (χ2v) is 9.10. The Balaban J connectivity index is 1.90. The van der Waals surface area contributed by atoms with Gasteiger partial charge >= 0.3 is 0 Å². The molecule has 2 aromatic rings. The van der Waals surface area contributed by atoms with E-state index in [1.165, 1.54) is 0 Å². The van der Waals surface area contributed by atoms with Crippen molar-refractivity contribution in [3.8, 4) is 0 Å². The van der Waals surface area contributed by atoms with Crippen LogP contribution in [0.3, 0.4) is 0 Å². The van der Waals surface area contributed by atoms with Crippen LogP contribution in [0, 0.1) is 0 Å². The predicted molar refractivity (Wildman–Crippen MR) is 105 cm³/mol. The molecule has 0 radical (unpaired) electrons. The van der Waals surface area contributed by atoms with Crippen LogP contribution in [0.25, 0.3) is 0 Å². The van der Waals surface area contributed by atoms with Gasteiger partial charge in [-0.1, -0.05) is 35.9 Å². The van der Waals surface area contributed by atoms with Crippen LogP contribution < -0.4 is 5.32 Å². The second-order valence-electron chi connectivity index (χ2n) is 6.77. The molecule has 0 aromatic heterocycles. The smallest absolute Gasteiger partial charge is 0.243 e. The summed E-state index contributed by atoms with van der Waals surface area (Å²) in [6, 6.07) is 14.3. The summed E-state index contributed by atoms with van der Waals surface area (Å²) in [6.45, 7) is 2.41. The fourth-order valence-electron chi connectivity index (χ4n) is 3.24. The molecule has 2 aromatic carbocycles. The molecule has 1 unspecified atom stereocenters. The minimum Gasteiger partial charge on any atom is -0.313 e. The fraction of sp³-hybridized carbons (Fsp3) is 0.368. The van der Waals surface area contributed by atoms with Crippen LogP contribution in [0.4, 0.5) is 0 Å². The molecule has 1 aliphatic rings. The lowest BCUT2D eigenvalue weighted by Crippen LogP contribution is -2.48. The lowest BCUT2D eigenvalue weighted by molar-refractivity contribution is 0.271. The van der Waals surface area contributed by atoms with Crippen LogP contribution in [0.1, 0.15) is 17.2 Å². The van der Waals surface area contributed by atoms with Gasteiger partial charge in [0.05, 0.1) is 10.9 Å². The van der Waals surface area contributed by atoms with Gasteiger partial charge in [-0.2, -0.15) is 4.31 Å². The molecule has 1 N–H and O–H groups in total. The van der Waals surface area contributed by atoms with Crippen LogP contribution in [-0.4, -0.2) is 51.4 Å². The van der Waals surface area contributed by atoms with Gasteiger partial charge in [-0.15, -0.1) is 0 Å². The van der Waals surface area contributed by atoms with Gasteiger partial charge < -0.3 is 10.2 Å². The van der Waals surface area contributed by atoms with E-state index in [2.05, 4.69) is 10.2 Å². The Hall–Kier alpha value is -1.44. The summed E-state index contributed by atoms with van der Waals surface area (Å²) in [7, 11) is 0.393. The number of sulfonamides is 1. The summed E-state index contributed by atoms with van der Waals surface area (Å²) in [4.78, 5) is 2.38. The third kappa shape index (κ3) is 4.27. The SMILES string of the molecule is CN(C)Cc1ccc(S(=O)(=O)N2CCNCC2c2cccc(Cl)c2)cc1. The number of hydrogen-bond acceptors (Lipinski definition) is 4. The first-order chi connectivity index (χ1) is 12.4. The zero-order valence-corrected chi connectivity index (χ0v) is 16.6. The van der Waals surface area contributed by atoms with E-state index in [0.717, 1.165) is 17.7 Å². The average molecular weight is 394 g/mol. The number of piperazine rings is 1. The van der Waals surface area contributed by atoms with Crippen molar-refractivity contribution in [3.63, 3.8) is 0 Å². The van der Waals surface area contributed by atoms with E-state index in [1.807, 2.05) is 44.4 Å². The molecule has 3 rings (SSSR count). The molecule has 1 atom stereocenters. The maximum absolute atomic E-state index is 13.2. The van der Waals surface area contributed by atoms with Crippen LogP contribution in [0.2, 0.25) is 5.02 Å². The van der Waals surface area contributed by atoms with E-state index in [4.69, 9.17) is 11.6 Å². The molecule has 0 saturated carbocycles. The van der Waals surface area contributed by atoms with Crippen molar-refractivity contribution < 1.29 is 8.42 Å². The standard InChI is InChI=1S/C19H24ClN3O2S/c1-22(2)14-15-6-8-18(9-7-15)26(24,25)23-11-10-21-13-19(23)16-4-3-5-17(20)12-16/h3-9,12,19,21H,10-11,13-14H2,1-2H3. The van der Waals surface area contributed by atoms with Crippen molar-refractivity contribution >= 4 is 21.6 Å². The lowest BCUT2D eigenvalue weighted by Gasteiger charge is -2.35. The van der Waals surface area contributed by atoms with Crippen molar-refractivity contribution in [2.24, 2.45) is 0 Å². The normalized spacial score (nSPS) is 19.0. The van der Waals surface area contributed by atoms with Gasteiger partial charge in [-0.05, 0) is 49.5 Å². The molecule has 26 heavy (non-hydrogen) atoms. The third-order valence-electron chi connectivity index (χ3n) is 4.46. The van der Waals surface area contributed by atoms with E-state index in [1.54, 1.807) is 22.5 Å². The number of halogens is 1. The van der Waals surface area contributed by atoms with Crippen LogP contribution in [0.15, 0.2) is 53.4 Å². The molecule has 1 fully saturated rings. The Labute approximate surface area is 160 Å². The Bertz CT molecular complexity index is 853. The van der Waals surface area contributed by atoms with Crippen molar-refractivity contribution in [1.82, 2.24) is 14.5 Å². The minimum absolute atomic E-state index is 0.270. The van der Waals surface area contributed by atoms with Crippen LogP contribution in [0.5, 0.6) is 0 Å². The van der Waals surface area contributed by atoms with E-state index in [9.17, 15) is 8.42 Å². The summed E-state index contributed by atoms with van der Waals surface area (Å²) in [6.07, 6.45) is 0. The Morgan fingerprint density at radius 2 is 1.92 bits per heavy atom. The maximum Gasteiger partial charge on any atom is 0.243 e. The first-order valence-electron chi connectivity index (χ1n) is 8.59. The average Bonchev–Trinajstić information content (AvgIpc) is 2.62. The molecular formula is C19H24ClN3O2S. The van der Waals surface area contributed by atoms with E-state index in [0.29, 0.717) is 29.6 Å². The Morgan fingerprint density at radius 1 is 1.19 bits per heavy atom. The quantitative estimate of drug-likeness (QED) is 0.848. The molecule has 1 saturated heterocycles. The molecule has 0 amide bonds. The number of benzene rings is 2. The molecular weight excluding hydrogens is 370 g/mol. The number of nitrogens with one attached hydrogen (secondary N) is 1. The van der Waals surface area contributed by atoms with Gasteiger partial charge in [0.1, 0.15) is 0 Å². The molecule has 1 heterocycles. The number of nitrogens with zero attached hydrogens (tertiary/aromatic N) is 2. The van der Waals surface area contributed by atoms with Crippen molar-refractivity contribution in [3.05, 3.63) is 64.7 Å². The highest BCUT2D eigenvalue weighted by atomic mass is 35.5. The van der Waals surface area contributed by atoms with Crippen molar-refractivity contribution in [2.75, 3.05) is 33.7 Å². The monoisotopic (exact) mass is 393 g/mol. The highest BCUT2D eigenvalue weighted by molar-refractivity contribution is 7.89.